The van der Waals surface area contributed by atoms with Crippen LogP contribution in [0.1, 0.15) is 26.2 Å². The fourth-order valence-electron chi connectivity index (χ4n) is 2.32. The van der Waals surface area contributed by atoms with Gasteiger partial charge in [-0.05, 0) is 31.1 Å². The predicted molar refractivity (Wildman–Crippen MR) is 41.2 cm³/mol. The van der Waals surface area contributed by atoms with Gasteiger partial charge in [0.1, 0.15) is 0 Å². The highest BCUT2D eigenvalue weighted by molar-refractivity contribution is 5.88. The molecule has 0 heterocycles. The lowest BCUT2D eigenvalue weighted by molar-refractivity contribution is -0.132. The first-order valence-corrected chi connectivity index (χ1v) is 4.12. The molecule has 2 nitrogen and oxygen atoms in total. The number of rotatable bonds is 1. The van der Waals surface area contributed by atoms with Crippen molar-refractivity contribution in [1.29, 1.82) is 0 Å². The normalized spacial score (nSPS) is 35.0. The van der Waals surface area contributed by atoms with Crippen molar-refractivity contribution < 1.29 is 9.90 Å². The zero-order valence-electron chi connectivity index (χ0n) is 6.63. The van der Waals surface area contributed by atoms with Crippen molar-refractivity contribution in [3.05, 3.63) is 11.1 Å². The zero-order valence-corrected chi connectivity index (χ0v) is 6.63. The Hall–Kier alpha value is -0.790. The standard InChI is InChI=1S/C9H12O2/c1-5-2-7-3-6(5)4-8(7)9(10)11/h5-6H,2-4H2,1H3,(H,10,11). The fourth-order valence-corrected chi connectivity index (χ4v) is 2.32. The van der Waals surface area contributed by atoms with Crippen LogP contribution >= 0.6 is 0 Å². The van der Waals surface area contributed by atoms with Crippen molar-refractivity contribution in [3.63, 3.8) is 0 Å². The van der Waals surface area contributed by atoms with E-state index in [-0.39, 0.29) is 0 Å². The molecule has 1 fully saturated rings. The molecule has 2 aliphatic rings. The summed E-state index contributed by atoms with van der Waals surface area (Å²) < 4.78 is 0. The van der Waals surface area contributed by atoms with Gasteiger partial charge in [0.2, 0.25) is 0 Å². The Morgan fingerprint density at radius 2 is 2.18 bits per heavy atom. The number of carboxylic acids is 1. The van der Waals surface area contributed by atoms with E-state index in [9.17, 15) is 4.79 Å². The van der Waals surface area contributed by atoms with Gasteiger partial charge in [0, 0.05) is 5.57 Å². The number of fused-ring (bicyclic) bond motifs is 2. The molecule has 60 valence electrons. The molecular formula is C9H12O2. The molecule has 1 N–H and O–H groups in total. The van der Waals surface area contributed by atoms with Crippen molar-refractivity contribution in [2.45, 2.75) is 26.2 Å². The van der Waals surface area contributed by atoms with E-state index < -0.39 is 5.97 Å². The van der Waals surface area contributed by atoms with Gasteiger partial charge in [0.05, 0.1) is 0 Å². The van der Waals surface area contributed by atoms with E-state index in [0.717, 1.165) is 25.2 Å². The smallest absolute Gasteiger partial charge is 0.331 e. The van der Waals surface area contributed by atoms with Gasteiger partial charge in [-0.2, -0.15) is 0 Å². The van der Waals surface area contributed by atoms with Crippen LogP contribution in [0.4, 0.5) is 0 Å². The quantitative estimate of drug-likeness (QED) is 0.622. The van der Waals surface area contributed by atoms with Crippen molar-refractivity contribution in [2.24, 2.45) is 11.8 Å². The highest BCUT2D eigenvalue weighted by Gasteiger charge is 2.37. The minimum atomic E-state index is -0.686. The summed E-state index contributed by atoms with van der Waals surface area (Å²) in [4.78, 5) is 10.6. The van der Waals surface area contributed by atoms with Crippen LogP contribution in [0.5, 0.6) is 0 Å². The third kappa shape index (κ3) is 0.889. The Morgan fingerprint density at radius 1 is 1.45 bits per heavy atom. The first-order valence-electron chi connectivity index (χ1n) is 4.12. The van der Waals surface area contributed by atoms with Gasteiger partial charge in [0.25, 0.3) is 0 Å². The van der Waals surface area contributed by atoms with Gasteiger partial charge in [-0.3, -0.25) is 0 Å². The molecule has 0 radical (unpaired) electrons. The molecule has 0 aromatic carbocycles. The average molecular weight is 152 g/mol. The molecule has 0 aromatic rings. The van der Waals surface area contributed by atoms with E-state index in [0.29, 0.717) is 11.5 Å². The predicted octanol–water partition coefficient (Wildman–Crippen LogP) is 1.82. The zero-order chi connectivity index (χ0) is 8.01. The molecule has 2 unspecified atom stereocenters. The first-order chi connectivity index (χ1) is 5.18. The maximum absolute atomic E-state index is 10.6. The van der Waals surface area contributed by atoms with Crippen LogP contribution in [0.25, 0.3) is 0 Å². The second-order valence-electron chi connectivity index (χ2n) is 3.74. The summed E-state index contributed by atoms with van der Waals surface area (Å²) in [7, 11) is 0. The first kappa shape index (κ1) is 6.89. The largest absolute Gasteiger partial charge is 0.478 e. The van der Waals surface area contributed by atoms with Crippen LogP contribution in [-0.4, -0.2) is 11.1 Å². The van der Waals surface area contributed by atoms with Gasteiger partial charge in [0.15, 0.2) is 0 Å². The van der Waals surface area contributed by atoms with E-state index >= 15 is 0 Å². The Labute approximate surface area is 65.9 Å². The van der Waals surface area contributed by atoms with E-state index in [4.69, 9.17) is 5.11 Å². The van der Waals surface area contributed by atoms with Gasteiger partial charge in [-0.25, -0.2) is 4.79 Å². The Bertz CT molecular complexity index is 240. The fraction of sp³-hybridized carbons (Fsp3) is 0.667. The molecule has 1 saturated carbocycles. The van der Waals surface area contributed by atoms with Crippen LogP contribution in [0.15, 0.2) is 11.1 Å². The van der Waals surface area contributed by atoms with Gasteiger partial charge >= 0.3 is 5.97 Å². The minimum Gasteiger partial charge on any atom is -0.478 e. The summed E-state index contributed by atoms with van der Waals surface area (Å²) in [6.07, 6.45) is 2.92. The summed E-state index contributed by atoms with van der Waals surface area (Å²) in [6, 6.07) is 0. The molecule has 2 rings (SSSR count). The molecule has 2 atom stereocenters. The molecule has 2 heteroatoms. The Morgan fingerprint density at radius 3 is 2.55 bits per heavy atom. The van der Waals surface area contributed by atoms with E-state index in [1.54, 1.807) is 0 Å². The maximum atomic E-state index is 10.6. The minimum absolute atomic E-state index is 0.649. The van der Waals surface area contributed by atoms with Crippen molar-refractivity contribution in [2.75, 3.05) is 0 Å². The van der Waals surface area contributed by atoms with E-state index in [1.165, 1.54) is 5.57 Å². The van der Waals surface area contributed by atoms with Gasteiger partial charge in [-0.15, -0.1) is 0 Å². The molecule has 0 spiro atoms. The average Bonchev–Trinajstić information content (AvgIpc) is 2.43. The number of carboxylic acid groups (broad SMARTS) is 1. The lowest BCUT2D eigenvalue weighted by atomic mass is 9.90. The van der Waals surface area contributed by atoms with Crippen LogP contribution in [-0.2, 0) is 4.79 Å². The van der Waals surface area contributed by atoms with Crippen molar-refractivity contribution in [3.8, 4) is 0 Å². The molecule has 11 heavy (non-hydrogen) atoms. The molecule has 0 aromatic heterocycles. The SMILES string of the molecule is CC1CC2=C(C(=O)O)CC1C2. The van der Waals surface area contributed by atoms with Crippen LogP contribution < -0.4 is 0 Å². The molecule has 0 amide bonds. The summed E-state index contributed by atoms with van der Waals surface area (Å²) in [5.41, 5.74) is 1.93. The van der Waals surface area contributed by atoms with Gasteiger partial charge in [-0.1, -0.05) is 12.5 Å². The topological polar surface area (TPSA) is 37.3 Å². The number of allylic oxidation sites excluding steroid dienone is 1. The Balaban J connectivity index is 2.28. The number of aliphatic carboxylic acids is 1. The molecule has 2 aliphatic carbocycles. The van der Waals surface area contributed by atoms with Crippen LogP contribution in [0.2, 0.25) is 0 Å². The number of hydrogen-bond acceptors (Lipinski definition) is 1. The van der Waals surface area contributed by atoms with Crippen LogP contribution in [0, 0.1) is 11.8 Å². The van der Waals surface area contributed by atoms with Crippen molar-refractivity contribution in [1.82, 2.24) is 0 Å². The molecular weight excluding hydrogens is 140 g/mol. The van der Waals surface area contributed by atoms with E-state index in [1.807, 2.05) is 0 Å². The number of hydrogen-bond donors (Lipinski definition) is 1. The van der Waals surface area contributed by atoms with Crippen molar-refractivity contribution >= 4 is 5.97 Å². The lowest BCUT2D eigenvalue weighted by Gasteiger charge is -2.15. The highest BCUT2D eigenvalue weighted by atomic mass is 16.4. The Kier molecular flexibility index (Phi) is 1.31. The third-order valence-corrected chi connectivity index (χ3v) is 3.03. The van der Waals surface area contributed by atoms with E-state index in [2.05, 4.69) is 6.92 Å². The van der Waals surface area contributed by atoms with Crippen LogP contribution in [0.3, 0.4) is 0 Å². The third-order valence-electron chi connectivity index (χ3n) is 3.03. The second kappa shape index (κ2) is 2.10. The maximum Gasteiger partial charge on any atom is 0.331 e. The molecule has 0 aliphatic heterocycles. The summed E-state index contributed by atoms with van der Waals surface area (Å²) in [5, 5.41) is 8.76. The summed E-state index contributed by atoms with van der Waals surface area (Å²) in [5.74, 6) is 0.693. The monoisotopic (exact) mass is 152 g/mol. The highest BCUT2D eigenvalue weighted by Crippen LogP contribution is 2.47. The summed E-state index contributed by atoms with van der Waals surface area (Å²) >= 11 is 0. The van der Waals surface area contributed by atoms with Gasteiger partial charge < -0.3 is 5.11 Å². The number of carbonyl (C=O) groups is 1. The molecule has 2 bridgehead atoms. The lowest BCUT2D eigenvalue weighted by Crippen LogP contribution is -2.10. The summed E-state index contributed by atoms with van der Waals surface area (Å²) in [6.45, 7) is 2.22. The molecule has 0 saturated heterocycles. The second-order valence-corrected chi connectivity index (χ2v) is 3.74.